The molecule has 0 unspecified atom stereocenters. The van der Waals surface area contributed by atoms with Crippen LogP contribution in [0.25, 0.3) is 5.69 Å². The first-order chi connectivity index (χ1) is 7.09. The molecule has 0 saturated heterocycles. The molecule has 1 heterocycles. The molecule has 0 aliphatic heterocycles. The summed E-state index contributed by atoms with van der Waals surface area (Å²) in [4.78, 5) is 0. The number of para-hydroxylation sites is 1. The van der Waals surface area contributed by atoms with E-state index in [9.17, 15) is 13.0 Å². The monoisotopic (exact) mass is 248 g/mol. The average molecular weight is 248 g/mol. The molecule has 0 radical (unpaired) electrons. The fraction of sp³-hybridized carbons (Fsp3) is 0. The molecule has 0 aliphatic carbocycles. The van der Waals surface area contributed by atoms with Crippen molar-refractivity contribution in [2.75, 3.05) is 0 Å². The molecule has 1 aromatic heterocycles. The largest absolute Gasteiger partial charge is 1.00 e. The van der Waals surface area contributed by atoms with E-state index in [-0.39, 0.29) is 29.6 Å². The van der Waals surface area contributed by atoms with Gasteiger partial charge in [-0.3, -0.25) is 0 Å². The van der Waals surface area contributed by atoms with Gasteiger partial charge in [0, 0.05) is 0 Å². The van der Waals surface area contributed by atoms with Crippen LogP contribution in [0.2, 0.25) is 0 Å². The predicted molar refractivity (Wildman–Crippen MR) is 47.1 cm³/mol. The molecule has 0 fully saturated rings. The van der Waals surface area contributed by atoms with Crippen LogP contribution in [0.1, 0.15) is 0 Å². The zero-order chi connectivity index (χ0) is 10.9. The first-order valence-corrected chi connectivity index (χ1v) is 5.29. The molecule has 0 atom stereocenters. The molecule has 0 saturated carbocycles. The van der Waals surface area contributed by atoms with Gasteiger partial charge in [0.15, 0.2) is 10.1 Å². The second-order valence-electron chi connectivity index (χ2n) is 2.66. The Hall–Kier alpha value is -0.800. The molecule has 2 aromatic rings. The summed E-state index contributed by atoms with van der Waals surface area (Å²) in [5.74, 6) is 0. The Morgan fingerprint density at radius 1 is 1.19 bits per heavy atom. The van der Waals surface area contributed by atoms with Gasteiger partial charge in [0.1, 0.15) is 0 Å². The fourth-order valence-electron chi connectivity index (χ4n) is 1.07. The molecule has 2 rings (SSSR count). The molecule has 7 nitrogen and oxygen atoms in total. The van der Waals surface area contributed by atoms with Gasteiger partial charge < -0.3 is 4.55 Å². The number of benzene rings is 1. The van der Waals surface area contributed by atoms with E-state index in [0.717, 1.165) is 4.68 Å². The molecule has 0 N–H and O–H groups in total. The Kier molecular flexibility index (Phi) is 4.16. The third-order valence-electron chi connectivity index (χ3n) is 1.67. The Morgan fingerprint density at radius 3 is 2.38 bits per heavy atom. The second-order valence-corrected chi connectivity index (χ2v) is 3.94. The molecular weight excluding hydrogens is 243 g/mol. The number of aromatic nitrogens is 4. The Labute approximate surface area is 114 Å². The molecule has 9 heteroatoms. The summed E-state index contributed by atoms with van der Waals surface area (Å²) < 4.78 is 33.2. The maximum atomic E-state index is 10.8. The van der Waals surface area contributed by atoms with E-state index in [4.69, 9.17) is 0 Å². The minimum absolute atomic E-state index is 0. The van der Waals surface area contributed by atoms with Gasteiger partial charge in [-0.1, -0.05) is 23.3 Å². The second kappa shape index (κ2) is 5.02. The maximum absolute atomic E-state index is 10.8. The molecular formula is C7H5N4NaO3S. The summed E-state index contributed by atoms with van der Waals surface area (Å²) in [7, 11) is -4.66. The van der Waals surface area contributed by atoms with E-state index >= 15 is 0 Å². The zero-order valence-corrected chi connectivity index (χ0v) is 11.1. The Bertz CT molecular complexity index is 568. The average Bonchev–Trinajstić information content (AvgIpc) is 2.67. The topological polar surface area (TPSA) is 101 Å². The van der Waals surface area contributed by atoms with Crippen molar-refractivity contribution in [2.24, 2.45) is 0 Å². The van der Waals surface area contributed by atoms with Crippen molar-refractivity contribution in [3.05, 3.63) is 30.3 Å². The number of nitrogens with zero attached hydrogens (tertiary/aromatic N) is 4. The van der Waals surface area contributed by atoms with Gasteiger partial charge in [0.25, 0.3) is 5.16 Å². The van der Waals surface area contributed by atoms with Crippen LogP contribution in [0.15, 0.2) is 35.5 Å². The van der Waals surface area contributed by atoms with Crippen LogP contribution in [-0.4, -0.2) is 33.2 Å². The zero-order valence-electron chi connectivity index (χ0n) is 8.31. The van der Waals surface area contributed by atoms with Gasteiger partial charge in [-0.2, -0.15) is 4.68 Å². The van der Waals surface area contributed by atoms with Crippen LogP contribution in [-0.2, 0) is 10.1 Å². The van der Waals surface area contributed by atoms with Gasteiger partial charge in [-0.05, 0) is 22.6 Å². The van der Waals surface area contributed by atoms with Crippen LogP contribution in [0.5, 0.6) is 0 Å². The molecule has 0 amide bonds. The number of hydrogen-bond donors (Lipinski definition) is 0. The normalized spacial score (nSPS) is 10.8. The van der Waals surface area contributed by atoms with E-state index in [2.05, 4.69) is 15.5 Å². The minimum atomic E-state index is -4.66. The molecule has 0 spiro atoms. The number of rotatable bonds is 2. The van der Waals surface area contributed by atoms with Gasteiger partial charge in [-0.25, -0.2) is 8.42 Å². The van der Waals surface area contributed by atoms with Crippen LogP contribution in [0, 0.1) is 0 Å². The van der Waals surface area contributed by atoms with Gasteiger partial charge >= 0.3 is 29.6 Å². The van der Waals surface area contributed by atoms with Crippen molar-refractivity contribution in [1.82, 2.24) is 20.2 Å². The van der Waals surface area contributed by atoms with Crippen molar-refractivity contribution < 1.29 is 42.5 Å². The Morgan fingerprint density at radius 2 is 1.81 bits per heavy atom. The van der Waals surface area contributed by atoms with Crippen molar-refractivity contribution in [3.8, 4) is 5.69 Å². The predicted octanol–water partition coefficient (Wildman–Crippen LogP) is -3.43. The summed E-state index contributed by atoms with van der Waals surface area (Å²) in [6, 6.07) is 8.28. The van der Waals surface area contributed by atoms with E-state index < -0.39 is 15.3 Å². The van der Waals surface area contributed by atoms with Gasteiger partial charge in [0.05, 0.1) is 5.69 Å². The first kappa shape index (κ1) is 13.3. The van der Waals surface area contributed by atoms with Crippen molar-refractivity contribution in [3.63, 3.8) is 0 Å². The molecule has 16 heavy (non-hydrogen) atoms. The van der Waals surface area contributed by atoms with E-state index in [1.54, 1.807) is 30.3 Å². The quantitative estimate of drug-likeness (QED) is 0.405. The van der Waals surface area contributed by atoms with Crippen LogP contribution >= 0.6 is 0 Å². The number of tetrazole rings is 1. The standard InChI is InChI=1S/C7H6N4O3S.Na/c12-15(13,14)7-8-9-10-11(7)6-4-2-1-3-5-6;/h1-5H,(H,12,13,14);/q;+1/p-1. The number of hydrogen-bond acceptors (Lipinski definition) is 6. The summed E-state index contributed by atoms with van der Waals surface area (Å²) in [6.07, 6.45) is 0. The van der Waals surface area contributed by atoms with Crippen molar-refractivity contribution in [1.29, 1.82) is 0 Å². The van der Waals surface area contributed by atoms with E-state index in [1.807, 2.05) is 0 Å². The maximum Gasteiger partial charge on any atom is 1.00 e. The summed E-state index contributed by atoms with van der Waals surface area (Å²) in [5, 5.41) is 9.03. The van der Waals surface area contributed by atoms with Crippen LogP contribution < -0.4 is 29.6 Å². The van der Waals surface area contributed by atoms with E-state index in [0.29, 0.717) is 5.69 Å². The molecule has 78 valence electrons. The van der Waals surface area contributed by atoms with E-state index in [1.165, 1.54) is 0 Å². The molecule has 0 bridgehead atoms. The third kappa shape index (κ3) is 2.66. The minimum Gasteiger partial charge on any atom is -0.742 e. The van der Waals surface area contributed by atoms with Gasteiger partial charge in [-0.15, -0.1) is 0 Å². The van der Waals surface area contributed by atoms with Gasteiger partial charge in [0.2, 0.25) is 0 Å². The first-order valence-electron chi connectivity index (χ1n) is 3.89. The molecule has 0 aliphatic rings. The van der Waals surface area contributed by atoms with Crippen LogP contribution in [0.4, 0.5) is 0 Å². The van der Waals surface area contributed by atoms with Crippen LogP contribution in [0.3, 0.4) is 0 Å². The fourth-order valence-corrected chi connectivity index (χ4v) is 1.56. The van der Waals surface area contributed by atoms with Crippen molar-refractivity contribution in [2.45, 2.75) is 5.16 Å². The Balaban J connectivity index is 0.00000128. The summed E-state index contributed by atoms with van der Waals surface area (Å²) in [5.41, 5.74) is 0.414. The van der Waals surface area contributed by atoms with Crippen molar-refractivity contribution >= 4 is 10.1 Å². The third-order valence-corrected chi connectivity index (χ3v) is 2.37. The summed E-state index contributed by atoms with van der Waals surface area (Å²) in [6.45, 7) is 0. The molecule has 1 aromatic carbocycles. The SMILES string of the molecule is O=S(=O)([O-])c1nnnn1-c1ccccc1.[Na+]. The smallest absolute Gasteiger partial charge is 0.742 e. The summed E-state index contributed by atoms with van der Waals surface area (Å²) >= 11 is 0.